The highest BCUT2D eigenvalue weighted by molar-refractivity contribution is 6.31. The molecule has 3 rings (SSSR count). The average molecular weight is 443 g/mol. The van der Waals surface area contributed by atoms with Gasteiger partial charge in [0.1, 0.15) is 5.60 Å². The second kappa shape index (κ2) is 9.73. The van der Waals surface area contributed by atoms with Crippen LogP contribution >= 0.6 is 11.6 Å². The Bertz CT molecular complexity index is 919. The summed E-state index contributed by atoms with van der Waals surface area (Å²) in [5, 5.41) is 0.610. The maximum absolute atomic E-state index is 12.5. The van der Waals surface area contributed by atoms with E-state index in [4.69, 9.17) is 22.1 Å². The van der Waals surface area contributed by atoms with Gasteiger partial charge < -0.3 is 15.4 Å². The Hall–Kier alpha value is -2.53. The number of carbonyl (C=O) groups excluding carboxylic acids is 2. The molecule has 5 nitrogen and oxygen atoms in total. The van der Waals surface area contributed by atoms with Gasteiger partial charge in [0.15, 0.2) is 6.29 Å². The lowest BCUT2D eigenvalue weighted by Crippen LogP contribution is -2.42. The van der Waals surface area contributed by atoms with Crippen LogP contribution in [-0.2, 0) is 9.53 Å². The molecule has 0 bridgehead atoms. The molecule has 0 spiro atoms. The molecule has 2 N–H and O–H groups in total. The van der Waals surface area contributed by atoms with E-state index in [0.29, 0.717) is 29.6 Å². The smallest absolute Gasteiger partial charge is 0.410 e. The minimum Gasteiger partial charge on any atom is -0.444 e. The predicted molar refractivity (Wildman–Crippen MR) is 125 cm³/mol. The molecule has 1 unspecified atom stereocenters. The van der Waals surface area contributed by atoms with Crippen molar-refractivity contribution in [2.24, 2.45) is 11.7 Å². The van der Waals surface area contributed by atoms with Crippen molar-refractivity contribution >= 4 is 29.6 Å². The minimum atomic E-state index is -0.499. The number of carbonyl (C=O) groups is 2. The molecule has 1 aliphatic carbocycles. The molecule has 31 heavy (non-hydrogen) atoms. The van der Waals surface area contributed by atoms with Gasteiger partial charge in [0, 0.05) is 23.7 Å². The molecule has 1 saturated heterocycles. The van der Waals surface area contributed by atoms with E-state index in [9.17, 15) is 9.59 Å². The molecule has 0 aromatic heterocycles. The number of amides is 1. The normalized spacial score (nSPS) is 21.5. The standard InChI is InChI=1S/C25H31ClN2O3/c1-25(2,3)31-24(30)28-11-8-18(9-12-28)22-14-17(5-4-10-27)13-19(16-29)23-15-20(26)6-7-21(22)23/h4-7,10,13,15-16,18,22H,8-9,11-12,14,27H2,1-3H3/b10-4-,17-5-. The molecule has 0 radical (unpaired) electrons. The van der Waals surface area contributed by atoms with Crippen molar-refractivity contribution in [1.29, 1.82) is 0 Å². The second-order valence-corrected chi connectivity index (χ2v) is 9.63. The van der Waals surface area contributed by atoms with Gasteiger partial charge in [0.25, 0.3) is 0 Å². The lowest BCUT2D eigenvalue weighted by atomic mass is 9.76. The van der Waals surface area contributed by atoms with Gasteiger partial charge in [0.2, 0.25) is 0 Å². The van der Waals surface area contributed by atoms with E-state index in [2.05, 4.69) is 0 Å². The zero-order valence-electron chi connectivity index (χ0n) is 18.4. The number of rotatable bonds is 3. The van der Waals surface area contributed by atoms with Gasteiger partial charge >= 0.3 is 6.09 Å². The number of allylic oxidation sites excluding steroid dienone is 5. The van der Waals surface area contributed by atoms with Crippen LogP contribution in [-0.4, -0.2) is 36.0 Å². The van der Waals surface area contributed by atoms with Crippen LogP contribution < -0.4 is 5.73 Å². The van der Waals surface area contributed by atoms with E-state index in [1.54, 1.807) is 11.0 Å². The van der Waals surface area contributed by atoms with Gasteiger partial charge in [-0.15, -0.1) is 0 Å². The molecular formula is C25H31ClN2O3. The Balaban J connectivity index is 1.87. The second-order valence-electron chi connectivity index (χ2n) is 9.19. The molecule has 1 heterocycles. The number of piperidine rings is 1. The Labute approximate surface area is 189 Å². The third kappa shape index (κ3) is 5.79. The number of hydrogen-bond acceptors (Lipinski definition) is 4. The summed E-state index contributed by atoms with van der Waals surface area (Å²) in [6.45, 7) is 6.97. The monoisotopic (exact) mass is 442 g/mol. The van der Waals surface area contributed by atoms with Crippen molar-refractivity contribution in [3.63, 3.8) is 0 Å². The summed E-state index contributed by atoms with van der Waals surface area (Å²) in [7, 11) is 0. The summed E-state index contributed by atoms with van der Waals surface area (Å²) in [6.07, 6.45) is 10.4. The summed E-state index contributed by atoms with van der Waals surface area (Å²) < 4.78 is 5.53. The number of likely N-dealkylation sites (tertiary alicyclic amines) is 1. The number of benzene rings is 1. The number of nitrogens with two attached hydrogens (primary N) is 1. The van der Waals surface area contributed by atoms with E-state index < -0.39 is 5.60 Å². The van der Waals surface area contributed by atoms with Crippen LogP contribution in [0.15, 0.2) is 48.2 Å². The van der Waals surface area contributed by atoms with Crippen LogP contribution in [0.5, 0.6) is 0 Å². The van der Waals surface area contributed by atoms with E-state index in [0.717, 1.165) is 42.2 Å². The number of fused-ring (bicyclic) bond motifs is 1. The number of halogens is 1. The van der Waals surface area contributed by atoms with Crippen LogP contribution in [0.25, 0.3) is 5.57 Å². The number of nitrogens with zero attached hydrogens (tertiary/aromatic N) is 1. The van der Waals surface area contributed by atoms with Crippen LogP contribution in [0.3, 0.4) is 0 Å². The van der Waals surface area contributed by atoms with Crippen LogP contribution in [0.1, 0.15) is 57.1 Å². The minimum absolute atomic E-state index is 0.221. The topological polar surface area (TPSA) is 72.6 Å². The highest BCUT2D eigenvalue weighted by Gasteiger charge is 2.34. The molecule has 6 heteroatoms. The Kier molecular flexibility index (Phi) is 7.26. The van der Waals surface area contributed by atoms with Crippen LogP contribution in [0.2, 0.25) is 5.02 Å². The van der Waals surface area contributed by atoms with Crippen LogP contribution in [0.4, 0.5) is 4.79 Å². The van der Waals surface area contributed by atoms with Crippen LogP contribution in [0, 0.1) is 5.92 Å². The Morgan fingerprint density at radius 2 is 1.97 bits per heavy atom. The summed E-state index contributed by atoms with van der Waals surface area (Å²) in [6, 6.07) is 5.81. The van der Waals surface area contributed by atoms with Gasteiger partial charge in [-0.2, -0.15) is 0 Å². The number of hydrogen-bond donors (Lipinski definition) is 1. The summed E-state index contributed by atoms with van der Waals surface area (Å²) in [5.74, 6) is 0.599. The zero-order valence-corrected chi connectivity index (χ0v) is 19.2. The van der Waals surface area contributed by atoms with Crippen molar-refractivity contribution in [1.82, 2.24) is 4.90 Å². The fraction of sp³-hybridized carbons (Fsp3) is 0.440. The molecule has 1 fully saturated rings. The van der Waals surface area contributed by atoms with Gasteiger partial charge in [-0.25, -0.2) is 4.79 Å². The average Bonchev–Trinajstić information content (AvgIpc) is 2.87. The van der Waals surface area contributed by atoms with E-state index >= 15 is 0 Å². The predicted octanol–water partition coefficient (Wildman–Crippen LogP) is 5.46. The summed E-state index contributed by atoms with van der Waals surface area (Å²) in [4.78, 5) is 26.1. The summed E-state index contributed by atoms with van der Waals surface area (Å²) >= 11 is 6.27. The van der Waals surface area contributed by atoms with E-state index in [1.165, 1.54) is 6.20 Å². The van der Waals surface area contributed by atoms with Gasteiger partial charge in [-0.3, -0.25) is 4.79 Å². The van der Waals surface area contributed by atoms with E-state index in [1.807, 2.05) is 51.1 Å². The highest BCUT2D eigenvalue weighted by Crippen LogP contribution is 2.43. The maximum atomic E-state index is 12.5. The first-order valence-corrected chi connectivity index (χ1v) is 11.1. The lowest BCUT2D eigenvalue weighted by molar-refractivity contribution is -0.103. The number of ether oxygens (including phenoxy) is 1. The van der Waals surface area contributed by atoms with Crippen molar-refractivity contribution in [2.75, 3.05) is 13.1 Å². The zero-order chi connectivity index (χ0) is 22.6. The molecule has 1 aromatic carbocycles. The largest absolute Gasteiger partial charge is 0.444 e. The molecule has 0 saturated carbocycles. The maximum Gasteiger partial charge on any atom is 0.410 e. The molecule has 1 aromatic rings. The SMILES string of the molecule is CC(C)(C)OC(=O)N1CCC(C2C/C(=C\C=C/N)C=C(C=O)c3cc(Cl)ccc32)CC1. The molecule has 1 aliphatic heterocycles. The molecule has 1 amide bonds. The first-order valence-electron chi connectivity index (χ1n) is 10.7. The molecule has 1 atom stereocenters. The van der Waals surface area contributed by atoms with Crippen molar-refractivity contribution < 1.29 is 14.3 Å². The van der Waals surface area contributed by atoms with Crippen molar-refractivity contribution in [2.45, 2.75) is 51.6 Å². The Morgan fingerprint density at radius 3 is 2.58 bits per heavy atom. The highest BCUT2D eigenvalue weighted by atomic mass is 35.5. The quantitative estimate of drug-likeness (QED) is 0.631. The van der Waals surface area contributed by atoms with Crippen molar-refractivity contribution in [3.05, 3.63) is 64.3 Å². The fourth-order valence-electron chi connectivity index (χ4n) is 4.43. The van der Waals surface area contributed by atoms with Gasteiger partial charge in [-0.1, -0.05) is 23.7 Å². The third-order valence-electron chi connectivity index (χ3n) is 5.83. The lowest BCUT2D eigenvalue weighted by Gasteiger charge is -2.37. The molecule has 166 valence electrons. The number of aldehydes is 1. The fourth-order valence-corrected chi connectivity index (χ4v) is 4.60. The third-order valence-corrected chi connectivity index (χ3v) is 6.07. The molecule has 2 aliphatic rings. The molecular weight excluding hydrogens is 412 g/mol. The summed E-state index contributed by atoms with van der Waals surface area (Å²) in [5.41, 5.74) is 8.75. The first-order chi connectivity index (χ1) is 14.7. The van der Waals surface area contributed by atoms with E-state index in [-0.39, 0.29) is 12.0 Å². The van der Waals surface area contributed by atoms with Gasteiger partial charge in [0.05, 0.1) is 0 Å². The first kappa shape index (κ1) is 23.1. The van der Waals surface area contributed by atoms with Gasteiger partial charge in [-0.05, 0) is 99.1 Å². The Morgan fingerprint density at radius 1 is 1.26 bits per heavy atom. The van der Waals surface area contributed by atoms with Crippen molar-refractivity contribution in [3.8, 4) is 0 Å².